The van der Waals surface area contributed by atoms with Crippen LogP contribution >= 0.6 is 0 Å². The van der Waals surface area contributed by atoms with Crippen molar-refractivity contribution in [1.82, 2.24) is 5.32 Å². The summed E-state index contributed by atoms with van der Waals surface area (Å²) >= 11 is 0. The van der Waals surface area contributed by atoms with Crippen molar-refractivity contribution in [1.29, 1.82) is 0 Å². The molecular weight excluding hydrogens is 338 g/mol. The van der Waals surface area contributed by atoms with Gasteiger partial charge in [-0.1, -0.05) is 31.6 Å². The van der Waals surface area contributed by atoms with E-state index in [4.69, 9.17) is 0 Å². The molecule has 1 saturated heterocycles. The van der Waals surface area contributed by atoms with Gasteiger partial charge in [0.1, 0.15) is 6.04 Å². The van der Waals surface area contributed by atoms with Gasteiger partial charge in [-0.15, -0.1) is 0 Å². The minimum absolute atomic E-state index is 0.00114. The molecule has 3 rings (SSSR count). The van der Waals surface area contributed by atoms with Crippen molar-refractivity contribution in [2.24, 2.45) is 5.92 Å². The Morgan fingerprint density at radius 1 is 1.22 bits per heavy atom. The molecule has 0 spiro atoms. The van der Waals surface area contributed by atoms with Gasteiger partial charge in [0.05, 0.1) is 0 Å². The Hall–Kier alpha value is -2.30. The number of carbonyl (C=O) groups excluding carboxylic acids is 2. The van der Waals surface area contributed by atoms with E-state index < -0.39 is 6.04 Å². The third-order valence-corrected chi connectivity index (χ3v) is 5.44. The van der Waals surface area contributed by atoms with Crippen LogP contribution in [0.4, 0.5) is 11.4 Å². The summed E-state index contributed by atoms with van der Waals surface area (Å²) in [6.07, 6.45) is 10.7. The minimum Gasteiger partial charge on any atom is -0.371 e. The van der Waals surface area contributed by atoms with Crippen molar-refractivity contribution in [3.05, 3.63) is 36.4 Å². The summed E-state index contributed by atoms with van der Waals surface area (Å²) < 4.78 is 0. The SMILES string of the molecule is CCCC(NC(=O)C1CC=CCC1)C(=O)Nc1cccc(N2CCCC2)c1. The van der Waals surface area contributed by atoms with Crippen LogP contribution < -0.4 is 15.5 Å². The van der Waals surface area contributed by atoms with E-state index in [1.807, 2.05) is 25.1 Å². The van der Waals surface area contributed by atoms with E-state index in [0.717, 1.165) is 50.1 Å². The predicted molar refractivity (Wildman–Crippen MR) is 110 cm³/mol. The maximum atomic E-state index is 12.8. The summed E-state index contributed by atoms with van der Waals surface area (Å²) in [5.41, 5.74) is 1.94. The fourth-order valence-electron chi connectivity index (χ4n) is 3.86. The Kier molecular flexibility index (Phi) is 6.91. The quantitative estimate of drug-likeness (QED) is 0.717. The van der Waals surface area contributed by atoms with Gasteiger partial charge in [-0.25, -0.2) is 0 Å². The first-order chi connectivity index (χ1) is 13.2. The van der Waals surface area contributed by atoms with Crippen molar-refractivity contribution >= 4 is 23.2 Å². The Morgan fingerprint density at radius 2 is 2.04 bits per heavy atom. The number of carbonyl (C=O) groups is 2. The summed E-state index contributed by atoms with van der Waals surface area (Å²) in [7, 11) is 0. The second kappa shape index (κ2) is 9.58. The van der Waals surface area contributed by atoms with Crippen molar-refractivity contribution in [3.8, 4) is 0 Å². The van der Waals surface area contributed by atoms with Crippen LogP contribution in [0.1, 0.15) is 51.9 Å². The number of nitrogens with zero attached hydrogens (tertiary/aromatic N) is 1. The van der Waals surface area contributed by atoms with Crippen molar-refractivity contribution in [3.63, 3.8) is 0 Å². The van der Waals surface area contributed by atoms with E-state index in [2.05, 4.69) is 33.8 Å². The molecule has 2 amide bonds. The average molecular weight is 370 g/mol. The number of benzene rings is 1. The van der Waals surface area contributed by atoms with Crippen LogP contribution in [0.2, 0.25) is 0 Å². The van der Waals surface area contributed by atoms with Crippen LogP contribution in [-0.2, 0) is 9.59 Å². The standard InChI is InChI=1S/C22H31N3O2/c1-2-9-20(24-21(26)17-10-4-3-5-11-17)22(27)23-18-12-8-13-19(16-18)25-14-6-7-15-25/h3-4,8,12-13,16-17,20H,2,5-7,9-11,14-15H2,1H3,(H,23,27)(H,24,26). The number of rotatable bonds is 7. The molecule has 5 nitrogen and oxygen atoms in total. The summed E-state index contributed by atoms with van der Waals surface area (Å²) in [4.78, 5) is 27.7. The Bertz CT molecular complexity index is 680. The number of allylic oxidation sites excluding steroid dienone is 2. The molecule has 1 heterocycles. The number of hydrogen-bond donors (Lipinski definition) is 2. The average Bonchev–Trinajstić information content (AvgIpc) is 3.23. The first-order valence-electron chi connectivity index (χ1n) is 10.3. The Labute approximate surface area is 162 Å². The van der Waals surface area contributed by atoms with Gasteiger partial charge in [-0.3, -0.25) is 9.59 Å². The van der Waals surface area contributed by atoms with Gasteiger partial charge in [0.25, 0.3) is 0 Å². The molecule has 146 valence electrons. The number of nitrogens with one attached hydrogen (secondary N) is 2. The van der Waals surface area contributed by atoms with Gasteiger partial charge in [0.2, 0.25) is 11.8 Å². The molecule has 0 saturated carbocycles. The highest BCUT2D eigenvalue weighted by Gasteiger charge is 2.25. The monoisotopic (exact) mass is 369 g/mol. The van der Waals surface area contributed by atoms with Crippen LogP contribution in [0.15, 0.2) is 36.4 Å². The molecule has 27 heavy (non-hydrogen) atoms. The molecule has 1 aliphatic heterocycles. The maximum absolute atomic E-state index is 12.8. The number of amides is 2. The molecule has 0 radical (unpaired) electrons. The highest BCUT2D eigenvalue weighted by atomic mass is 16.2. The van der Waals surface area contributed by atoms with Gasteiger partial charge in [0, 0.05) is 30.4 Å². The normalized spacial score (nSPS) is 20.3. The van der Waals surface area contributed by atoms with E-state index >= 15 is 0 Å². The van der Waals surface area contributed by atoms with Gasteiger partial charge in [0.15, 0.2) is 0 Å². The van der Waals surface area contributed by atoms with Gasteiger partial charge < -0.3 is 15.5 Å². The Balaban J connectivity index is 1.61. The molecule has 1 aromatic carbocycles. The predicted octanol–water partition coefficient (Wildman–Crippen LogP) is 3.87. The van der Waals surface area contributed by atoms with Crippen molar-refractivity contribution < 1.29 is 9.59 Å². The molecule has 2 aliphatic rings. The molecule has 1 fully saturated rings. The molecule has 2 unspecified atom stereocenters. The molecule has 0 aromatic heterocycles. The summed E-state index contributed by atoms with van der Waals surface area (Å²) in [5.74, 6) is -0.144. The molecule has 0 bridgehead atoms. The maximum Gasteiger partial charge on any atom is 0.246 e. The van der Waals surface area contributed by atoms with Crippen molar-refractivity contribution in [2.75, 3.05) is 23.3 Å². The molecule has 1 aliphatic carbocycles. The molecular formula is C22H31N3O2. The smallest absolute Gasteiger partial charge is 0.246 e. The van der Waals surface area contributed by atoms with Gasteiger partial charge in [-0.2, -0.15) is 0 Å². The van der Waals surface area contributed by atoms with Crippen LogP contribution in [0.5, 0.6) is 0 Å². The fourth-order valence-corrected chi connectivity index (χ4v) is 3.86. The van der Waals surface area contributed by atoms with Gasteiger partial charge >= 0.3 is 0 Å². The summed E-state index contributed by atoms with van der Waals surface area (Å²) in [5, 5.41) is 5.99. The molecule has 1 aromatic rings. The lowest BCUT2D eigenvalue weighted by molar-refractivity contribution is -0.129. The number of anilines is 2. The zero-order valence-electron chi connectivity index (χ0n) is 16.2. The third-order valence-electron chi connectivity index (χ3n) is 5.44. The topological polar surface area (TPSA) is 61.4 Å². The largest absolute Gasteiger partial charge is 0.371 e. The van der Waals surface area contributed by atoms with E-state index in [9.17, 15) is 9.59 Å². The van der Waals surface area contributed by atoms with Crippen LogP contribution in [0, 0.1) is 5.92 Å². The number of hydrogen-bond acceptors (Lipinski definition) is 3. The fraction of sp³-hybridized carbons (Fsp3) is 0.545. The van der Waals surface area contributed by atoms with E-state index in [-0.39, 0.29) is 17.7 Å². The summed E-state index contributed by atoms with van der Waals surface area (Å²) in [6.45, 7) is 4.17. The Morgan fingerprint density at radius 3 is 2.74 bits per heavy atom. The highest BCUT2D eigenvalue weighted by molar-refractivity contribution is 5.97. The third kappa shape index (κ3) is 5.34. The van der Waals surface area contributed by atoms with Crippen LogP contribution in [0.3, 0.4) is 0 Å². The zero-order chi connectivity index (χ0) is 19.1. The molecule has 2 atom stereocenters. The molecule has 2 N–H and O–H groups in total. The first-order valence-corrected chi connectivity index (χ1v) is 10.3. The lowest BCUT2D eigenvalue weighted by Crippen LogP contribution is -2.46. The second-order valence-electron chi connectivity index (χ2n) is 7.56. The lowest BCUT2D eigenvalue weighted by atomic mass is 9.93. The van der Waals surface area contributed by atoms with Gasteiger partial charge in [-0.05, 0) is 56.7 Å². The minimum atomic E-state index is -0.483. The highest BCUT2D eigenvalue weighted by Crippen LogP contribution is 2.24. The lowest BCUT2D eigenvalue weighted by Gasteiger charge is -2.23. The van der Waals surface area contributed by atoms with E-state index in [1.165, 1.54) is 12.8 Å². The van der Waals surface area contributed by atoms with E-state index in [0.29, 0.717) is 6.42 Å². The second-order valence-corrected chi connectivity index (χ2v) is 7.56. The first kappa shape index (κ1) is 19.5. The van der Waals surface area contributed by atoms with E-state index in [1.54, 1.807) is 0 Å². The summed E-state index contributed by atoms with van der Waals surface area (Å²) in [6, 6.07) is 7.52. The van der Waals surface area contributed by atoms with Crippen LogP contribution in [-0.4, -0.2) is 30.9 Å². The zero-order valence-corrected chi connectivity index (χ0v) is 16.2. The molecule has 5 heteroatoms. The van der Waals surface area contributed by atoms with Crippen LogP contribution in [0.25, 0.3) is 0 Å². The van der Waals surface area contributed by atoms with Crippen molar-refractivity contribution in [2.45, 2.75) is 57.9 Å².